The summed E-state index contributed by atoms with van der Waals surface area (Å²) < 4.78 is 27.9. The number of ether oxygens (including phenoxy) is 4. The Morgan fingerprint density at radius 2 is 0.595 bits per heavy atom. The van der Waals surface area contributed by atoms with Crippen molar-refractivity contribution < 1.29 is 60.4 Å². The van der Waals surface area contributed by atoms with Crippen molar-refractivity contribution in [3.8, 4) is 23.0 Å². The molecule has 84 heavy (non-hydrogen) atoms. The summed E-state index contributed by atoms with van der Waals surface area (Å²) in [6.07, 6.45) is -0.233. The quantitative estimate of drug-likeness (QED) is 0.0488. The lowest BCUT2D eigenvalue weighted by molar-refractivity contribution is -0.308. The molecule has 0 spiro atoms. The SMILES string of the molecule is NC(N)=NC(=O)c1cc2c(OCc3ccccc3)c(c1)Cc1cc(C(=O)NC(=[NH2+])[NH3+])cc(c1OCc1ccccc1)Cc1cc(C(=O)NC(=[NH2+])[NH3+])cc(c1OCc1ccccc1)Cc1cc(C(=O)N=C(N)N)cc(c1OCc1ccccc1)C2. The fourth-order valence-electron chi connectivity index (χ4n) is 9.86. The van der Waals surface area contributed by atoms with Crippen molar-refractivity contribution in [2.24, 2.45) is 32.9 Å². The molecule has 8 aromatic rings. The Morgan fingerprint density at radius 3 is 0.798 bits per heavy atom. The van der Waals surface area contributed by atoms with Crippen LogP contribution in [0.2, 0.25) is 0 Å². The lowest BCUT2D eigenvalue weighted by Gasteiger charge is -2.24. The zero-order valence-corrected chi connectivity index (χ0v) is 45.9. The van der Waals surface area contributed by atoms with Crippen LogP contribution < -0.4 is 74.8 Å². The minimum absolute atomic E-state index is 0.0408. The van der Waals surface area contributed by atoms with Crippen LogP contribution >= 0.6 is 0 Å². The van der Waals surface area contributed by atoms with E-state index in [2.05, 4.69) is 32.1 Å². The Morgan fingerprint density at radius 1 is 0.381 bits per heavy atom. The minimum atomic E-state index is -0.769. The molecule has 9 rings (SSSR count). The molecule has 20 nitrogen and oxygen atoms in total. The van der Waals surface area contributed by atoms with Gasteiger partial charge in [-0.05, 0) is 115 Å². The fraction of sp³-hybridized carbons (Fsp3) is 0.125. The number of nitrogens with one attached hydrogen (secondary N) is 2. The van der Waals surface area contributed by atoms with Crippen molar-refractivity contribution >= 4 is 47.5 Å². The van der Waals surface area contributed by atoms with Crippen LogP contribution in [0, 0.1) is 0 Å². The van der Waals surface area contributed by atoms with Gasteiger partial charge in [0.25, 0.3) is 11.8 Å². The van der Waals surface area contributed by atoms with E-state index >= 15 is 0 Å². The summed E-state index contributed by atoms with van der Waals surface area (Å²) in [5, 5.41) is 17.4. The first-order chi connectivity index (χ1) is 40.5. The molecule has 0 saturated heterocycles. The molecule has 20 heteroatoms. The Kier molecular flexibility index (Phi) is 18.2. The number of carbonyl (C=O) groups excluding carboxylic acids is 4. The standard InChI is InChI=1S/C64H60N12O8/c65-61(66)73-57(77)49-25-41-21-43-27-50(58(78)74-62(67)68)29-45(54(43)82-34-38-15-7-2-8-16-38)23-47-31-52(60(80)76-64(71)72)32-48(56(47)84-36-40-19-11-4-12-20-40)24-46-30-51(59(79)75-63(69)70)28-44(55(46)83-35-39-17-9-3-10-18-39)22-42(26-49)53(41)81-33-37-13-5-1-6-14-37/h1-20,25-32H,21-24,33-36H2,(H4,65,66,73,77)(H4,67,68,74,78)(H4,69,70,75,79)(H4,71,72,76,80)/p+4. The van der Waals surface area contributed by atoms with Gasteiger partial charge in [-0.2, -0.15) is 20.6 Å². The number of nitrogens with two attached hydrogens (primary N) is 6. The number of nitrogens with zero attached hydrogens (tertiary/aromatic N) is 2. The van der Waals surface area contributed by atoms with Crippen LogP contribution in [0.4, 0.5) is 0 Å². The average molecular weight is 1130 g/mol. The molecule has 8 aromatic carbocycles. The largest absolute Gasteiger partial charge is 0.488 e. The second kappa shape index (κ2) is 26.5. The highest BCUT2D eigenvalue weighted by Crippen LogP contribution is 2.42. The smallest absolute Gasteiger partial charge is 0.442 e. The van der Waals surface area contributed by atoms with Gasteiger partial charge in [0.1, 0.15) is 49.4 Å². The van der Waals surface area contributed by atoms with Crippen LogP contribution in [0.15, 0.2) is 180 Å². The van der Waals surface area contributed by atoms with Crippen LogP contribution in [0.5, 0.6) is 23.0 Å². The van der Waals surface area contributed by atoms with E-state index in [0.717, 1.165) is 22.3 Å². The normalized spacial score (nSPS) is 11.5. The maximum absolute atomic E-state index is 14.4. The third-order valence-corrected chi connectivity index (χ3v) is 13.4. The van der Waals surface area contributed by atoms with Crippen LogP contribution in [-0.2, 0) is 52.1 Å². The van der Waals surface area contributed by atoms with E-state index in [9.17, 15) is 19.2 Å². The van der Waals surface area contributed by atoms with Crippen molar-refractivity contribution in [3.63, 3.8) is 0 Å². The van der Waals surface area contributed by atoms with Crippen molar-refractivity contribution in [3.05, 3.63) is 259 Å². The average Bonchev–Trinajstić information content (AvgIpc) is 2.65. The van der Waals surface area contributed by atoms with Crippen LogP contribution in [0.25, 0.3) is 0 Å². The third kappa shape index (κ3) is 14.9. The van der Waals surface area contributed by atoms with Gasteiger partial charge in [0, 0.05) is 36.8 Å². The maximum Gasteiger partial charge on any atom is 0.442 e. The zero-order valence-electron chi connectivity index (χ0n) is 45.9. The summed E-state index contributed by atoms with van der Waals surface area (Å²) in [7, 11) is 0. The number of quaternary nitrogens is 2. The zero-order chi connectivity index (χ0) is 59.3. The Hall–Kier alpha value is -11.0. The van der Waals surface area contributed by atoms with E-state index in [4.69, 9.17) is 52.7 Å². The van der Waals surface area contributed by atoms with Crippen LogP contribution in [0.3, 0.4) is 0 Å². The molecule has 0 aromatic heterocycles. The molecule has 0 atom stereocenters. The molecule has 0 radical (unpaired) electrons. The molecule has 0 aliphatic heterocycles. The number of aliphatic imine (C=N–C) groups is 2. The number of hydrogen-bond donors (Lipinski definition) is 10. The first kappa shape index (κ1) is 57.7. The summed E-state index contributed by atoms with van der Waals surface area (Å²) in [4.78, 5) is 65.3. The molecule has 0 fully saturated rings. The molecule has 20 N–H and O–H groups in total. The van der Waals surface area contributed by atoms with Crippen molar-refractivity contribution in [2.45, 2.75) is 52.1 Å². The van der Waals surface area contributed by atoms with E-state index in [0.29, 0.717) is 67.5 Å². The number of carbonyl (C=O) groups is 4. The van der Waals surface area contributed by atoms with E-state index in [-0.39, 0.29) is 86.3 Å². The Labute approximate surface area is 483 Å². The summed E-state index contributed by atoms with van der Waals surface area (Å²) in [5.41, 5.74) is 38.3. The van der Waals surface area contributed by atoms with E-state index < -0.39 is 35.5 Å². The molecule has 0 saturated carbocycles. The third-order valence-electron chi connectivity index (χ3n) is 13.4. The topological polar surface area (TPSA) is 365 Å². The van der Waals surface area contributed by atoms with E-state index in [1.54, 1.807) is 48.5 Å². The lowest BCUT2D eigenvalue weighted by atomic mass is 9.88. The molecule has 4 amide bonds. The molecular formula is C64H64N12O8+4. The molecule has 0 heterocycles. The van der Waals surface area contributed by atoms with Crippen LogP contribution in [-0.4, -0.2) is 47.5 Å². The highest BCUT2D eigenvalue weighted by Gasteiger charge is 2.29. The number of benzene rings is 8. The van der Waals surface area contributed by atoms with E-state index in [1.807, 2.05) is 121 Å². The van der Waals surface area contributed by atoms with Gasteiger partial charge in [0.05, 0.1) is 11.1 Å². The van der Waals surface area contributed by atoms with Gasteiger partial charge in [-0.25, -0.2) is 20.4 Å². The number of fused-ring (bicyclic) bond motifs is 8. The predicted molar refractivity (Wildman–Crippen MR) is 315 cm³/mol. The summed E-state index contributed by atoms with van der Waals surface area (Å²) >= 11 is 0. The van der Waals surface area contributed by atoms with Gasteiger partial charge >= 0.3 is 23.7 Å². The monoisotopic (exact) mass is 1130 g/mol. The molecule has 1 aliphatic carbocycles. The van der Waals surface area contributed by atoms with Gasteiger partial charge in [0.15, 0.2) is 11.9 Å². The lowest BCUT2D eigenvalue weighted by Crippen LogP contribution is -2.77. The highest BCUT2D eigenvalue weighted by atomic mass is 16.5. The minimum Gasteiger partial charge on any atom is -0.488 e. The summed E-state index contributed by atoms with van der Waals surface area (Å²) in [6.45, 7) is 0.265. The molecule has 1 aliphatic rings. The second-order valence-electron chi connectivity index (χ2n) is 19.9. The summed E-state index contributed by atoms with van der Waals surface area (Å²) in [5.74, 6) is -2.48. The Bertz CT molecular complexity index is 3620. The molecular weight excluding hydrogens is 1060 g/mol. The molecule has 424 valence electrons. The maximum atomic E-state index is 14.4. The fourth-order valence-corrected chi connectivity index (χ4v) is 9.86. The first-order valence-electron chi connectivity index (χ1n) is 26.6. The second-order valence-corrected chi connectivity index (χ2v) is 19.9. The predicted octanol–water partition coefficient (Wildman–Crippen LogP) is 1.68. The van der Waals surface area contributed by atoms with Gasteiger partial charge in [0.2, 0.25) is 0 Å². The number of guanidine groups is 4. The number of hydrogen-bond acceptors (Lipinski definition) is 8. The molecule has 8 bridgehead atoms. The highest BCUT2D eigenvalue weighted by molar-refractivity contribution is 6.05. The van der Waals surface area contributed by atoms with Gasteiger partial charge in [-0.3, -0.25) is 21.1 Å². The van der Waals surface area contributed by atoms with E-state index in [1.165, 1.54) is 0 Å². The van der Waals surface area contributed by atoms with Crippen molar-refractivity contribution in [2.75, 3.05) is 0 Å². The van der Waals surface area contributed by atoms with Gasteiger partial charge in [-0.15, -0.1) is 0 Å². The van der Waals surface area contributed by atoms with Gasteiger partial charge < -0.3 is 41.9 Å². The number of rotatable bonds is 16. The number of amides is 4. The van der Waals surface area contributed by atoms with Crippen LogP contribution in [0.1, 0.15) is 108 Å². The summed E-state index contributed by atoms with van der Waals surface area (Å²) in [6, 6.07) is 51.3. The Balaban J connectivity index is 1.41. The van der Waals surface area contributed by atoms with Crippen molar-refractivity contribution in [1.29, 1.82) is 0 Å². The van der Waals surface area contributed by atoms with Crippen molar-refractivity contribution in [1.82, 2.24) is 10.6 Å². The van der Waals surface area contributed by atoms with Gasteiger partial charge in [-0.1, -0.05) is 121 Å². The molecule has 0 unspecified atom stereocenters. The first-order valence-corrected chi connectivity index (χ1v) is 26.6.